The van der Waals surface area contributed by atoms with Crippen LogP contribution in [0.2, 0.25) is 0 Å². The molecule has 0 radical (unpaired) electrons. The third-order valence-electron chi connectivity index (χ3n) is 2.96. The molecule has 0 aliphatic rings. The maximum Gasteiger partial charge on any atom is 1.00 e. The molecule has 3 nitrogen and oxygen atoms in total. The van der Waals surface area contributed by atoms with E-state index in [1.165, 1.54) is 0 Å². The van der Waals surface area contributed by atoms with Crippen LogP contribution in [0.3, 0.4) is 0 Å². The number of alkyl halides is 9. The van der Waals surface area contributed by atoms with Gasteiger partial charge < -0.3 is 4.55 Å². The summed E-state index contributed by atoms with van der Waals surface area (Å²) in [5, 5.41) is 0. The van der Waals surface area contributed by atoms with E-state index < -0.39 is 78.3 Å². The Labute approximate surface area is 150 Å². The van der Waals surface area contributed by atoms with Crippen molar-refractivity contribution in [2.75, 3.05) is 12.4 Å². The molecule has 0 saturated carbocycles. The molecule has 25 heavy (non-hydrogen) atoms. The summed E-state index contributed by atoms with van der Waals surface area (Å²) >= 11 is 0. The van der Waals surface area contributed by atoms with Crippen molar-refractivity contribution in [3.8, 4) is 0 Å². The van der Waals surface area contributed by atoms with Crippen LogP contribution in [0.15, 0.2) is 0 Å². The van der Waals surface area contributed by atoms with Gasteiger partial charge in [-0.3, -0.25) is 4.39 Å². The van der Waals surface area contributed by atoms with Crippen LogP contribution in [0.1, 0.15) is 6.42 Å². The molecule has 8 unspecified atom stereocenters. The van der Waals surface area contributed by atoms with Crippen molar-refractivity contribution >= 4 is 10.1 Å². The average molecular weight is 404 g/mol. The molecular weight excluding hydrogens is 390 g/mol. The Hall–Kier alpha value is -0.123. The molecule has 0 aromatic rings. The quantitative estimate of drug-likeness (QED) is 0.268. The van der Waals surface area contributed by atoms with Gasteiger partial charge in [0.2, 0.25) is 0 Å². The number of halogens is 9. The zero-order valence-corrected chi connectivity index (χ0v) is 13.6. The Bertz CT molecular complexity index is 472. The topological polar surface area (TPSA) is 57.2 Å². The minimum absolute atomic E-state index is 0. The van der Waals surface area contributed by atoms with Crippen LogP contribution < -0.4 is 18.9 Å². The van der Waals surface area contributed by atoms with Crippen molar-refractivity contribution in [2.24, 2.45) is 0 Å². The molecule has 0 aromatic carbocycles. The number of rotatable bonds is 11. The molecule has 0 heterocycles. The van der Waals surface area contributed by atoms with Gasteiger partial charge in [-0.15, -0.1) is 0 Å². The van der Waals surface area contributed by atoms with E-state index in [2.05, 4.69) is 0 Å². The van der Waals surface area contributed by atoms with E-state index in [4.69, 9.17) is 0 Å². The van der Waals surface area contributed by atoms with Gasteiger partial charge in [-0.05, 0) is 0 Å². The molecule has 8 atom stereocenters. The molecule has 0 spiro atoms. The second-order valence-electron chi connectivity index (χ2n) is 4.90. The Morgan fingerprint density at radius 3 is 1.32 bits per heavy atom. The van der Waals surface area contributed by atoms with E-state index >= 15 is 0 Å². The van der Waals surface area contributed by atoms with E-state index in [1.54, 1.807) is 0 Å². The van der Waals surface area contributed by atoms with Crippen LogP contribution in [0.25, 0.3) is 0 Å². The molecule has 0 amide bonds. The molecule has 0 aliphatic carbocycles. The monoisotopic (exact) mass is 404 g/mol. The Kier molecular flexibility index (Phi) is 12.5. The van der Waals surface area contributed by atoms with Gasteiger partial charge in [0, 0.05) is 6.42 Å². The first kappa shape index (κ1) is 27.1. The SMILES string of the molecule is O=S(=O)([O-])CC(F)C(F)C(F)C(F)C(F)C(F)C(F)C(F)CCF.[Li+]. The van der Waals surface area contributed by atoms with Crippen LogP contribution in [-0.4, -0.2) is 74.8 Å². The van der Waals surface area contributed by atoms with Gasteiger partial charge >= 0.3 is 18.9 Å². The fraction of sp³-hybridized carbons (Fsp3) is 1.00. The number of hydrogen-bond acceptors (Lipinski definition) is 3. The van der Waals surface area contributed by atoms with Crippen LogP contribution >= 0.6 is 0 Å². The first-order chi connectivity index (χ1) is 10.8. The maximum absolute atomic E-state index is 13.3. The van der Waals surface area contributed by atoms with Crippen molar-refractivity contribution in [3.63, 3.8) is 0 Å². The van der Waals surface area contributed by atoms with E-state index in [-0.39, 0.29) is 18.9 Å². The van der Waals surface area contributed by atoms with Crippen LogP contribution in [0.5, 0.6) is 0 Å². The molecule has 146 valence electrons. The van der Waals surface area contributed by atoms with Crippen LogP contribution in [0, 0.1) is 0 Å². The van der Waals surface area contributed by atoms with Gasteiger partial charge in [-0.25, -0.2) is 43.5 Å². The van der Waals surface area contributed by atoms with E-state index in [0.29, 0.717) is 0 Å². The largest absolute Gasteiger partial charge is 1.00 e. The van der Waals surface area contributed by atoms with Crippen molar-refractivity contribution in [1.82, 2.24) is 0 Å². The standard InChI is InChI=1S/C11H15F9O3S.Li/c12-2-1-4(13)6(15)8(17)10(19)11(20)9(18)7(16)5(14)3-24(21,22)23;/h4-11H,1-3H2,(H,21,22,23);/q;+1/p-1. The van der Waals surface area contributed by atoms with E-state index in [0.717, 1.165) is 0 Å². The third-order valence-corrected chi connectivity index (χ3v) is 3.69. The maximum atomic E-state index is 13.3. The van der Waals surface area contributed by atoms with E-state index in [9.17, 15) is 52.5 Å². The predicted octanol–water partition coefficient (Wildman–Crippen LogP) is -0.400. The number of hydrogen-bond donors (Lipinski definition) is 0. The summed E-state index contributed by atoms with van der Waals surface area (Å²) in [4.78, 5) is 0. The van der Waals surface area contributed by atoms with Crippen molar-refractivity contribution in [1.29, 1.82) is 0 Å². The molecule has 0 N–H and O–H groups in total. The molecule has 0 bridgehead atoms. The summed E-state index contributed by atoms with van der Waals surface area (Å²) in [7, 11) is -5.36. The minimum Gasteiger partial charge on any atom is -0.748 e. The van der Waals surface area contributed by atoms with Crippen molar-refractivity contribution in [3.05, 3.63) is 0 Å². The minimum atomic E-state index is -5.36. The molecule has 0 saturated heterocycles. The molecule has 0 aromatic heterocycles. The van der Waals surface area contributed by atoms with Gasteiger partial charge in [0.15, 0.2) is 37.0 Å². The zero-order valence-electron chi connectivity index (χ0n) is 12.8. The first-order valence-corrected chi connectivity index (χ1v) is 8.03. The van der Waals surface area contributed by atoms with Crippen LogP contribution in [0.4, 0.5) is 39.5 Å². The average Bonchev–Trinajstić information content (AvgIpc) is 2.48. The Morgan fingerprint density at radius 2 is 1.00 bits per heavy atom. The molecular formula is C11H14F9LiO3S. The molecule has 0 aliphatic heterocycles. The van der Waals surface area contributed by atoms with E-state index in [1.807, 2.05) is 0 Å². The zero-order chi connectivity index (χ0) is 19.2. The summed E-state index contributed by atoms with van der Waals surface area (Å²) < 4.78 is 148. The predicted molar refractivity (Wildman–Crippen MR) is 64.3 cm³/mol. The summed E-state index contributed by atoms with van der Waals surface area (Å²) in [6, 6.07) is 0. The molecule has 0 rings (SSSR count). The Balaban J connectivity index is 0. The summed E-state index contributed by atoms with van der Waals surface area (Å²) in [6.45, 7) is -1.45. The van der Waals surface area contributed by atoms with Gasteiger partial charge in [-0.1, -0.05) is 0 Å². The fourth-order valence-corrected chi connectivity index (χ4v) is 2.23. The smallest absolute Gasteiger partial charge is 0.748 e. The van der Waals surface area contributed by atoms with Gasteiger partial charge in [0.05, 0.1) is 22.5 Å². The van der Waals surface area contributed by atoms with Crippen molar-refractivity contribution < 1.29 is 71.3 Å². The summed E-state index contributed by atoms with van der Waals surface area (Å²) in [5.74, 6) is -2.09. The normalized spacial score (nSPS) is 22.0. The van der Waals surface area contributed by atoms with Crippen LogP contribution in [-0.2, 0) is 10.1 Å². The van der Waals surface area contributed by atoms with Crippen molar-refractivity contribution in [2.45, 2.75) is 55.8 Å². The van der Waals surface area contributed by atoms with Gasteiger partial charge in [0.25, 0.3) is 0 Å². The fourth-order valence-electron chi connectivity index (χ4n) is 1.65. The summed E-state index contributed by atoms with van der Waals surface area (Å²) in [6.07, 6.45) is -29.5. The first-order valence-electron chi connectivity index (χ1n) is 6.45. The second-order valence-corrected chi connectivity index (χ2v) is 6.35. The second kappa shape index (κ2) is 11.6. The third kappa shape index (κ3) is 8.88. The Morgan fingerprint density at radius 1 is 0.680 bits per heavy atom. The molecule has 0 fully saturated rings. The molecule has 14 heteroatoms. The summed E-state index contributed by atoms with van der Waals surface area (Å²) in [5.41, 5.74) is 0. The van der Waals surface area contributed by atoms with Gasteiger partial charge in [-0.2, -0.15) is 0 Å². The van der Waals surface area contributed by atoms with Gasteiger partial charge in [0.1, 0.15) is 12.3 Å².